The summed E-state index contributed by atoms with van der Waals surface area (Å²) in [6, 6.07) is 20.1. The van der Waals surface area contributed by atoms with E-state index in [0.29, 0.717) is 11.2 Å². The van der Waals surface area contributed by atoms with Crippen LogP contribution in [0.25, 0.3) is 16.9 Å². The van der Waals surface area contributed by atoms with E-state index in [-0.39, 0.29) is 11.9 Å². The molecule has 4 aromatic rings. The molecule has 0 spiro atoms. The number of nitrogens with zero attached hydrogens (tertiary/aromatic N) is 5. The second-order valence-corrected chi connectivity index (χ2v) is 8.36. The van der Waals surface area contributed by atoms with Gasteiger partial charge >= 0.3 is 0 Å². The Labute approximate surface area is 187 Å². The van der Waals surface area contributed by atoms with E-state index in [1.807, 2.05) is 43.3 Å². The van der Waals surface area contributed by atoms with Gasteiger partial charge in [-0.15, -0.1) is 5.10 Å². The number of likely N-dealkylation sites (tertiary alicyclic amines) is 1. The number of rotatable bonds is 5. The maximum atomic E-state index is 12.9. The Kier molecular flexibility index (Phi) is 5.64. The molecule has 7 heteroatoms. The van der Waals surface area contributed by atoms with Crippen LogP contribution < -0.4 is 5.32 Å². The zero-order valence-corrected chi connectivity index (χ0v) is 18.1. The van der Waals surface area contributed by atoms with Crippen molar-refractivity contribution in [2.24, 2.45) is 0 Å². The van der Waals surface area contributed by atoms with Crippen molar-refractivity contribution in [2.75, 3.05) is 13.1 Å². The third-order valence-electron chi connectivity index (χ3n) is 6.07. The third-order valence-corrected chi connectivity index (χ3v) is 6.07. The molecule has 1 aliphatic rings. The fraction of sp³-hybridized carbons (Fsp3) is 0.280. The van der Waals surface area contributed by atoms with E-state index in [0.717, 1.165) is 49.2 Å². The smallest absolute Gasteiger partial charge is 0.251 e. The van der Waals surface area contributed by atoms with E-state index in [2.05, 4.69) is 49.8 Å². The molecule has 0 unspecified atom stereocenters. The first-order chi connectivity index (χ1) is 15.7. The van der Waals surface area contributed by atoms with Crippen LogP contribution in [0.15, 0.2) is 66.9 Å². The van der Waals surface area contributed by atoms with Gasteiger partial charge in [0.1, 0.15) is 5.52 Å². The number of hydrogen-bond donors (Lipinski definition) is 1. The number of benzene rings is 2. The fourth-order valence-corrected chi connectivity index (χ4v) is 4.31. The van der Waals surface area contributed by atoms with Crippen molar-refractivity contribution in [3.63, 3.8) is 0 Å². The number of aromatic nitrogens is 4. The Hall–Kier alpha value is -3.58. The molecule has 1 N–H and O–H groups in total. The summed E-state index contributed by atoms with van der Waals surface area (Å²) in [4.78, 5) is 19.7. The maximum Gasteiger partial charge on any atom is 0.251 e. The summed E-state index contributed by atoms with van der Waals surface area (Å²) in [5, 5.41) is 11.6. The summed E-state index contributed by atoms with van der Waals surface area (Å²) in [5.41, 5.74) is 5.27. The summed E-state index contributed by atoms with van der Waals surface area (Å²) in [5.74, 6) is -0.0252. The molecule has 1 saturated heterocycles. The first-order valence-electron chi connectivity index (χ1n) is 11.0. The average Bonchev–Trinajstić information content (AvgIpc) is 3.25. The van der Waals surface area contributed by atoms with Crippen molar-refractivity contribution in [3.05, 3.63) is 83.6 Å². The fourth-order valence-electron chi connectivity index (χ4n) is 4.31. The Morgan fingerprint density at radius 3 is 2.66 bits per heavy atom. The van der Waals surface area contributed by atoms with Crippen LogP contribution in [0.4, 0.5) is 0 Å². The lowest BCUT2D eigenvalue weighted by molar-refractivity contribution is 0.0909. The molecule has 2 aromatic carbocycles. The van der Waals surface area contributed by atoms with Crippen LogP contribution in [0, 0.1) is 6.92 Å². The van der Waals surface area contributed by atoms with Crippen LogP contribution in [-0.2, 0) is 6.54 Å². The van der Waals surface area contributed by atoms with Gasteiger partial charge in [0.15, 0.2) is 5.65 Å². The molecule has 0 saturated carbocycles. The van der Waals surface area contributed by atoms with Gasteiger partial charge in [-0.05, 0) is 61.2 Å². The van der Waals surface area contributed by atoms with E-state index in [1.54, 1.807) is 10.9 Å². The molecule has 0 atom stereocenters. The third kappa shape index (κ3) is 4.24. The van der Waals surface area contributed by atoms with Crippen LogP contribution in [0.3, 0.4) is 0 Å². The average molecular weight is 427 g/mol. The second-order valence-electron chi connectivity index (χ2n) is 8.36. The molecular formula is C25H26N6O. The van der Waals surface area contributed by atoms with Gasteiger partial charge < -0.3 is 5.32 Å². The van der Waals surface area contributed by atoms with E-state index in [9.17, 15) is 4.79 Å². The number of carbonyl (C=O) groups is 1. The highest BCUT2D eigenvalue weighted by Crippen LogP contribution is 2.20. The summed E-state index contributed by atoms with van der Waals surface area (Å²) in [6.45, 7) is 4.92. The van der Waals surface area contributed by atoms with Gasteiger partial charge in [0.25, 0.3) is 5.91 Å². The van der Waals surface area contributed by atoms with Gasteiger partial charge in [-0.3, -0.25) is 9.69 Å². The maximum absolute atomic E-state index is 12.9. The van der Waals surface area contributed by atoms with Gasteiger partial charge in [0.2, 0.25) is 0 Å². The molecule has 1 fully saturated rings. The minimum Gasteiger partial charge on any atom is -0.349 e. The Bertz CT molecular complexity index is 1230. The number of aryl methyl sites for hydroxylation is 1. The lowest BCUT2D eigenvalue weighted by Gasteiger charge is -2.32. The standard InChI is InChI=1S/C25H26N6O/c1-18-16-20(9-10-23(18)31-24-22(28-29-31)8-5-13-26-24)25(32)27-21-11-14-30(15-12-21)17-19-6-3-2-4-7-19/h2-10,13,16,21H,11-12,14-15,17H2,1H3,(H,27,32). The Balaban J connectivity index is 1.21. The number of hydrogen-bond acceptors (Lipinski definition) is 5. The molecule has 0 bridgehead atoms. The number of pyridine rings is 1. The monoisotopic (exact) mass is 426 g/mol. The molecule has 2 aromatic heterocycles. The molecule has 1 amide bonds. The lowest BCUT2D eigenvalue weighted by atomic mass is 10.0. The Morgan fingerprint density at radius 1 is 1.06 bits per heavy atom. The molecule has 162 valence electrons. The number of carbonyl (C=O) groups excluding carboxylic acids is 1. The van der Waals surface area contributed by atoms with E-state index >= 15 is 0 Å². The first kappa shape index (κ1) is 20.3. The van der Waals surface area contributed by atoms with Gasteiger partial charge in [0, 0.05) is 37.4 Å². The zero-order valence-electron chi connectivity index (χ0n) is 18.1. The topological polar surface area (TPSA) is 75.9 Å². The van der Waals surface area contributed by atoms with Crippen molar-refractivity contribution in [3.8, 4) is 5.69 Å². The van der Waals surface area contributed by atoms with Crippen LogP contribution in [0.5, 0.6) is 0 Å². The van der Waals surface area contributed by atoms with Crippen molar-refractivity contribution >= 4 is 17.1 Å². The van der Waals surface area contributed by atoms with Gasteiger partial charge in [-0.1, -0.05) is 35.5 Å². The highest BCUT2D eigenvalue weighted by molar-refractivity contribution is 5.95. The largest absolute Gasteiger partial charge is 0.349 e. The molecule has 0 radical (unpaired) electrons. The van der Waals surface area contributed by atoms with E-state index in [4.69, 9.17) is 0 Å². The zero-order chi connectivity index (χ0) is 21.9. The molecular weight excluding hydrogens is 400 g/mol. The molecule has 5 rings (SSSR count). The van der Waals surface area contributed by atoms with Crippen LogP contribution in [0.2, 0.25) is 0 Å². The normalized spacial score (nSPS) is 15.2. The van der Waals surface area contributed by atoms with E-state index < -0.39 is 0 Å². The van der Waals surface area contributed by atoms with Gasteiger partial charge in [-0.25, -0.2) is 4.98 Å². The van der Waals surface area contributed by atoms with Crippen molar-refractivity contribution in [1.82, 2.24) is 30.2 Å². The van der Waals surface area contributed by atoms with Crippen molar-refractivity contribution in [2.45, 2.75) is 32.4 Å². The highest BCUT2D eigenvalue weighted by atomic mass is 16.1. The quantitative estimate of drug-likeness (QED) is 0.528. The summed E-state index contributed by atoms with van der Waals surface area (Å²) in [6.07, 6.45) is 3.66. The lowest BCUT2D eigenvalue weighted by Crippen LogP contribution is -2.44. The molecule has 3 heterocycles. The predicted molar refractivity (Wildman–Crippen MR) is 124 cm³/mol. The number of piperidine rings is 1. The Morgan fingerprint density at radius 2 is 1.88 bits per heavy atom. The second kappa shape index (κ2) is 8.88. The molecule has 32 heavy (non-hydrogen) atoms. The molecule has 1 aliphatic heterocycles. The van der Waals surface area contributed by atoms with Crippen LogP contribution in [0.1, 0.15) is 34.3 Å². The predicted octanol–water partition coefficient (Wildman–Crippen LogP) is 3.52. The number of fused-ring (bicyclic) bond motifs is 1. The SMILES string of the molecule is Cc1cc(C(=O)NC2CCN(Cc3ccccc3)CC2)ccc1-n1nnc2cccnc21. The van der Waals surface area contributed by atoms with E-state index in [1.165, 1.54) is 5.56 Å². The highest BCUT2D eigenvalue weighted by Gasteiger charge is 2.21. The first-order valence-corrected chi connectivity index (χ1v) is 11.0. The summed E-state index contributed by atoms with van der Waals surface area (Å²) >= 11 is 0. The molecule has 7 nitrogen and oxygen atoms in total. The minimum atomic E-state index is -0.0252. The van der Waals surface area contributed by atoms with Crippen LogP contribution in [-0.4, -0.2) is 49.9 Å². The summed E-state index contributed by atoms with van der Waals surface area (Å²) < 4.78 is 1.72. The van der Waals surface area contributed by atoms with Crippen molar-refractivity contribution < 1.29 is 4.79 Å². The number of amides is 1. The van der Waals surface area contributed by atoms with Gasteiger partial charge in [-0.2, -0.15) is 4.68 Å². The number of nitrogens with one attached hydrogen (secondary N) is 1. The van der Waals surface area contributed by atoms with Crippen molar-refractivity contribution in [1.29, 1.82) is 0 Å². The van der Waals surface area contributed by atoms with Gasteiger partial charge in [0.05, 0.1) is 5.69 Å². The van der Waals surface area contributed by atoms with Crippen LogP contribution >= 0.6 is 0 Å². The summed E-state index contributed by atoms with van der Waals surface area (Å²) in [7, 11) is 0. The molecule has 0 aliphatic carbocycles. The minimum absolute atomic E-state index is 0.0252.